The lowest BCUT2D eigenvalue weighted by Crippen LogP contribution is -2.43. The molecule has 0 saturated carbocycles. The fourth-order valence-electron chi connectivity index (χ4n) is 4.46. The molecule has 2 unspecified atom stereocenters. The number of benzene rings is 1. The van der Waals surface area contributed by atoms with E-state index in [0.29, 0.717) is 5.91 Å². The number of para-hydroxylation sites is 1. The molecule has 1 aromatic heterocycles. The van der Waals surface area contributed by atoms with Crippen molar-refractivity contribution in [3.63, 3.8) is 0 Å². The van der Waals surface area contributed by atoms with E-state index < -0.39 is 0 Å². The highest BCUT2D eigenvalue weighted by Gasteiger charge is 2.37. The Morgan fingerprint density at radius 1 is 1.27 bits per heavy atom. The van der Waals surface area contributed by atoms with Crippen LogP contribution in [0.25, 0.3) is 0 Å². The number of rotatable bonds is 5. The van der Waals surface area contributed by atoms with Crippen molar-refractivity contribution in [3.05, 3.63) is 48.5 Å². The van der Waals surface area contributed by atoms with E-state index in [1.165, 1.54) is 12.8 Å². The molecule has 2 atom stereocenters. The second kappa shape index (κ2) is 7.52. The molecular weight excluding hydrogens is 324 g/mol. The first kappa shape index (κ1) is 17.1. The van der Waals surface area contributed by atoms with Crippen molar-refractivity contribution in [2.45, 2.75) is 51.1 Å². The van der Waals surface area contributed by atoms with Gasteiger partial charge in [0.15, 0.2) is 0 Å². The maximum atomic E-state index is 13.1. The summed E-state index contributed by atoms with van der Waals surface area (Å²) in [5.41, 5.74) is 2.28. The lowest BCUT2D eigenvalue weighted by atomic mass is 9.89. The van der Waals surface area contributed by atoms with E-state index in [2.05, 4.69) is 38.8 Å². The number of likely N-dealkylation sites (tertiary alicyclic amines) is 1. The molecule has 0 radical (unpaired) electrons. The van der Waals surface area contributed by atoms with E-state index in [4.69, 9.17) is 0 Å². The number of nitrogens with one attached hydrogen (secondary N) is 1. The van der Waals surface area contributed by atoms with Crippen molar-refractivity contribution in [1.29, 1.82) is 0 Å². The average molecular weight is 352 g/mol. The van der Waals surface area contributed by atoms with Gasteiger partial charge in [0.05, 0.1) is 12.2 Å². The summed E-state index contributed by atoms with van der Waals surface area (Å²) in [4.78, 5) is 19.3. The Bertz CT molecular complexity index is 734. The standard InChI is InChI=1S/C21H28N4O/c1-16-20(18-6-2-3-7-19(18)23-16)21(26)25-12-8-17(9-13-25)5-4-11-24-14-10-22-15-24/h2-3,6-7,10,14-17,20,23H,4-5,8-9,11-13H2,1H3. The molecular formula is C21H28N4O. The summed E-state index contributed by atoms with van der Waals surface area (Å²) in [5, 5.41) is 3.46. The largest absolute Gasteiger partial charge is 0.381 e. The second-order valence-corrected chi connectivity index (χ2v) is 7.71. The van der Waals surface area contributed by atoms with Gasteiger partial charge < -0.3 is 14.8 Å². The molecule has 4 rings (SSSR count). The lowest BCUT2D eigenvalue weighted by Gasteiger charge is -2.34. The van der Waals surface area contributed by atoms with Gasteiger partial charge >= 0.3 is 0 Å². The molecule has 2 aliphatic rings. The zero-order valence-corrected chi connectivity index (χ0v) is 15.5. The van der Waals surface area contributed by atoms with Gasteiger partial charge in [0.25, 0.3) is 0 Å². The van der Waals surface area contributed by atoms with Crippen molar-refractivity contribution < 1.29 is 4.79 Å². The molecule has 0 aliphatic carbocycles. The number of carbonyl (C=O) groups is 1. The SMILES string of the molecule is CC1Nc2ccccc2C1C(=O)N1CCC(CCCn2ccnc2)CC1. The maximum Gasteiger partial charge on any atom is 0.232 e. The minimum absolute atomic E-state index is 0.0380. The van der Waals surface area contributed by atoms with Crippen LogP contribution in [0.3, 0.4) is 0 Å². The Morgan fingerprint density at radius 3 is 2.85 bits per heavy atom. The number of imidazole rings is 1. The molecule has 1 fully saturated rings. The van der Waals surface area contributed by atoms with Crippen molar-refractivity contribution in [3.8, 4) is 0 Å². The lowest BCUT2D eigenvalue weighted by molar-refractivity contribution is -0.134. The first-order valence-corrected chi connectivity index (χ1v) is 9.82. The molecule has 1 amide bonds. The first-order chi connectivity index (χ1) is 12.7. The van der Waals surface area contributed by atoms with Gasteiger partial charge in [-0.1, -0.05) is 18.2 Å². The predicted octanol–water partition coefficient (Wildman–Crippen LogP) is 3.50. The number of aryl methyl sites for hydroxylation is 1. The van der Waals surface area contributed by atoms with Crippen LogP contribution in [0.1, 0.15) is 44.1 Å². The Balaban J connectivity index is 1.28. The summed E-state index contributed by atoms with van der Waals surface area (Å²) < 4.78 is 2.14. The van der Waals surface area contributed by atoms with Gasteiger partial charge in [-0.05, 0) is 50.2 Å². The molecule has 2 aromatic rings. The number of carbonyl (C=O) groups excluding carboxylic acids is 1. The molecule has 5 heteroatoms. The summed E-state index contributed by atoms with van der Waals surface area (Å²) in [6.07, 6.45) is 10.4. The third-order valence-corrected chi connectivity index (χ3v) is 5.96. The van der Waals surface area contributed by atoms with Crippen molar-refractivity contribution in [1.82, 2.24) is 14.5 Å². The first-order valence-electron chi connectivity index (χ1n) is 9.82. The molecule has 3 heterocycles. The van der Waals surface area contributed by atoms with Crippen LogP contribution in [0.5, 0.6) is 0 Å². The van der Waals surface area contributed by atoms with Gasteiger partial charge in [-0.25, -0.2) is 4.98 Å². The highest BCUT2D eigenvalue weighted by Crippen LogP contribution is 2.37. The molecule has 1 saturated heterocycles. The van der Waals surface area contributed by atoms with E-state index in [1.54, 1.807) is 0 Å². The van der Waals surface area contributed by atoms with Gasteiger partial charge in [0.2, 0.25) is 5.91 Å². The zero-order chi connectivity index (χ0) is 17.9. The Kier molecular flexibility index (Phi) is 4.96. The molecule has 5 nitrogen and oxygen atoms in total. The summed E-state index contributed by atoms with van der Waals surface area (Å²) in [6.45, 7) is 4.96. The van der Waals surface area contributed by atoms with Crippen LogP contribution >= 0.6 is 0 Å². The molecule has 0 spiro atoms. The summed E-state index contributed by atoms with van der Waals surface area (Å²) >= 11 is 0. The van der Waals surface area contributed by atoms with E-state index in [-0.39, 0.29) is 12.0 Å². The number of hydrogen-bond acceptors (Lipinski definition) is 3. The monoisotopic (exact) mass is 352 g/mol. The number of piperidine rings is 1. The van der Waals surface area contributed by atoms with Crippen LogP contribution in [0, 0.1) is 5.92 Å². The predicted molar refractivity (Wildman–Crippen MR) is 103 cm³/mol. The van der Waals surface area contributed by atoms with Gasteiger partial charge in [-0.2, -0.15) is 0 Å². The summed E-state index contributed by atoms with van der Waals surface area (Å²) in [5.74, 6) is 1.00. The maximum absolute atomic E-state index is 13.1. The van der Waals surface area contributed by atoms with E-state index in [9.17, 15) is 4.79 Å². The van der Waals surface area contributed by atoms with Crippen LogP contribution in [0.15, 0.2) is 43.0 Å². The van der Waals surface area contributed by atoms with Gasteiger partial charge in [-0.3, -0.25) is 4.79 Å². The summed E-state index contributed by atoms with van der Waals surface area (Å²) in [6, 6.07) is 8.40. The van der Waals surface area contributed by atoms with Crippen LogP contribution in [0.2, 0.25) is 0 Å². The number of aromatic nitrogens is 2. The topological polar surface area (TPSA) is 50.2 Å². The molecule has 138 valence electrons. The quantitative estimate of drug-likeness (QED) is 0.896. The zero-order valence-electron chi connectivity index (χ0n) is 15.5. The van der Waals surface area contributed by atoms with Crippen molar-refractivity contribution >= 4 is 11.6 Å². The van der Waals surface area contributed by atoms with Gasteiger partial charge in [-0.15, -0.1) is 0 Å². The third kappa shape index (κ3) is 3.48. The molecule has 1 aromatic carbocycles. The number of fused-ring (bicyclic) bond motifs is 1. The fourth-order valence-corrected chi connectivity index (χ4v) is 4.46. The van der Waals surface area contributed by atoms with Crippen LogP contribution in [-0.4, -0.2) is 39.5 Å². The van der Waals surface area contributed by atoms with Gasteiger partial charge in [0.1, 0.15) is 0 Å². The molecule has 26 heavy (non-hydrogen) atoms. The Labute approximate surface area is 155 Å². The number of nitrogens with zero attached hydrogens (tertiary/aromatic N) is 3. The van der Waals surface area contributed by atoms with E-state index in [0.717, 1.165) is 49.6 Å². The molecule has 2 aliphatic heterocycles. The van der Waals surface area contributed by atoms with E-state index >= 15 is 0 Å². The summed E-state index contributed by atoms with van der Waals surface area (Å²) in [7, 11) is 0. The fraction of sp³-hybridized carbons (Fsp3) is 0.524. The number of anilines is 1. The highest BCUT2D eigenvalue weighted by molar-refractivity contribution is 5.89. The van der Waals surface area contributed by atoms with Crippen molar-refractivity contribution in [2.75, 3.05) is 18.4 Å². The average Bonchev–Trinajstić information content (AvgIpc) is 3.28. The molecule has 1 N–H and O–H groups in total. The minimum atomic E-state index is -0.0380. The minimum Gasteiger partial charge on any atom is -0.381 e. The highest BCUT2D eigenvalue weighted by atomic mass is 16.2. The van der Waals surface area contributed by atoms with E-state index in [1.807, 2.05) is 30.9 Å². The second-order valence-electron chi connectivity index (χ2n) is 7.71. The third-order valence-electron chi connectivity index (χ3n) is 5.96. The number of hydrogen-bond donors (Lipinski definition) is 1. The smallest absolute Gasteiger partial charge is 0.232 e. The van der Waals surface area contributed by atoms with Crippen LogP contribution in [-0.2, 0) is 11.3 Å². The number of amides is 1. The van der Waals surface area contributed by atoms with Crippen LogP contribution < -0.4 is 5.32 Å². The molecule has 0 bridgehead atoms. The Morgan fingerprint density at radius 2 is 2.08 bits per heavy atom. The van der Waals surface area contributed by atoms with Crippen LogP contribution in [0.4, 0.5) is 5.69 Å². The van der Waals surface area contributed by atoms with Gasteiger partial charge in [0, 0.05) is 43.8 Å². The normalized spacial score (nSPS) is 22.9. The Hall–Kier alpha value is -2.30. The van der Waals surface area contributed by atoms with Crippen molar-refractivity contribution in [2.24, 2.45) is 5.92 Å².